The first-order chi connectivity index (χ1) is 9.86. The van der Waals surface area contributed by atoms with E-state index in [1.54, 1.807) is 0 Å². The molecule has 0 aliphatic carbocycles. The average Bonchev–Trinajstić information content (AvgIpc) is 2.37. The molecule has 1 atom stereocenters. The van der Waals surface area contributed by atoms with Gasteiger partial charge < -0.3 is 10.2 Å². The van der Waals surface area contributed by atoms with Crippen molar-refractivity contribution in [2.75, 3.05) is 25.5 Å². The molecule has 1 aromatic rings. The fraction of sp³-hybridized carbons (Fsp3) is 0.611. The summed E-state index contributed by atoms with van der Waals surface area (Å²) in [6.07, 6.45) is 2.99. The molecular formula is C18H28N2O. The second-order valence-corrected chi connectivity index (χ2v) is 7.32. The maximum absolute atomic E-state index is 12.3. The van der Waals surface area contributed by atoms with Crippen molar-refractivity contribution in [1.29, 1.82) is 0 Å². The molecule has 1 aliphatic heterocycles. The molecule has 1 saturated heterocycles. The highest BCUT2D eigenvalue weighted by Gasteiger charge is 2.22. The van der Waals surface area contributed by atoms with Crippen molar-refractivity contribution >= 4 is 11.6 Å². The van der Waals surface area contributed by atoms with Crippen LogP contribution in [0.5, 0.6) is 0 Å². The van der Waals surface area contributed by atoms with Crippen molar-refractivity contribution in [3.63, 3.8) is 0 Å². The number of rotatable bonds is 3. The highest BCUT2D eigenvalue weighted by atomic mass is 16.1. The second-order valence-electron chi connectivity index (χ2n) is 7.32. The molecule has 1 aliphatic rings. The lowest BCUT2D eigenvalue weighted by molar-refractivity contribution is -0.117. The quantitative estimate of drug-likeness (QED) is 0.920. The van der Waals surface area contributed by atoms with Crippen molar-refractivity contribution < 1.29 is 4.79 Å². The van der Waals surface area contributed by atoms with E-state index in [1.807, 2.05) is 18.2 Å². The maximum atomic E-state index is 12.3. The minimum atomic E-state index is 0.0366. The van der Waals surface area contributed by atoms with Gasteiger partial charge in [0, 0.05) is 18.7 Å². The van der Waals surface area contributed by atoms with Gasteiger partial charge in [-0.1, -0.05) is 39.0 Å². The van der Waals surface area contributed by atoms with E-state index in [4.69, 9.17) is 0 Å². The van der Waals surface area contributed by atoms with Gasteiger partial charge in [0.15, 0.2) is 0 Å². The van der Waals surface area contributed by atoms with Crippen LogP contribution in [0.25, 0.3) is 0 Å². The number of carbonyl (C=O) groups excluding carboxylic acids is 1. The van der Waals surface area contributed by atoms with Gasteiger partial charge in [0.1, 0.15) is 0 Å². The summed E-state index contributed by atoms with van der Waals surface area (Å²) in [7, 11) is 2.14. The molecule has 2 rings (SSSR count). The fourth-order valence-electron chi connectivity index (χ4n) is 3.15. The molecule has 1 N–H and O–H groups in total. The van der Waals surface area contributed by atoms with Gasteiger partial charge in [-0.15, -0.1) is 0 Å². The van der Waals surface area contributed by atoms with Crippen LogP contribution in [0.15, 0.2) is 24.3 Å². The van der Waals surface area contributed by atoms with E-state index in [-0.39, 0.29) is 11.3 Å². The van der Waals surface area contributed by atoms with Gasteiger partial charge in [-0.05, 0) is 49.4 Å². The molecule has 1 aromatic carbocycles. The number of amides is 1. The summed E-state index contributed by atoms with van der Waals surface area (Å²) in [6, 6.07) is 8.13. The number of nitrogens with zero attached hydrogens (tertiary/aromatic N) is 1. The van der Waals surface area contributed by atoms with Gasteiger partial charge in [-0.25, -0.2) is 0 Å². The third-order valence-electron chi connectivity index (χ3n) is 4.21. The predicted octanol–water partition coefficient (Wildman–Crippen LogP) is 3.65. The molecule has 3 nitrogen and oxygen atoms in total. The predicted molar refractivity (Wildman–Crippen MR) is 88.6 cm³/mol. The summed E-state index contributed by atoms with van der Waals surface area (Å²) in [5.41, 5.74) is 2.19. The topological polar surface area (TPSA) is 32.3 Å². The average molecular weight is 288 g/mol. The lowest BCUT2D eigenvalue weighted by atomic mass is 9.85. The number of carbonyl (C=O) groups is 1. The van der Waals surface area contributed by atoms with E-state index in [1.165, 1.54) is 18.4 Å². The third kappa shape index (κ3) is 4.57. The molecule has 0 bridgehead atoms. The third-order valence-corrected chi connectivity index (χ3v) is 4.21. The Kier molecular flexibility index (Phi) is 5.04. The monoisotopic (exact) mass is 288 g/mol. The molecule has 0 spiro atoms. The molecule has 1 fully saturated rings. The summed E-state index contributed by atoms with van der Waals surface area (Å²) in [5, 5.41) is 3.12. The normalized spacial score (nSPS) is 20.3. The number of nitrogens with one attached hydrogen (secondary N) is 1. The van der Waals surface area contributed by atoms with Gasteiger partial charge in [-0.2, -0.15) is 0 Å². The minimum Gasteiger partial charge on any atom is -0.326 e. The molecular weight excluding hydrogens is 260 g/mol. The number of para-hydroxylation sites is 1. The van der Waals surface area contributed by atoms with Crippen molar-refractivity contribution in [2.24, 2.45) is 5.92 Å². The summed E-state index contributed by atoms with van der Waals surface area (Å²) in [4.78, 5) is 14.7. The minimum absolute atomic E-state index is 0.0366. The van der Waals surface area contributed by atoms with Crippen LogP contribution in [0, 0.1) is 5.92 Å². The first-order valence-corrected chi connectivity index (χ1v) is 7.94. The Morgan fingerprint density at radius 1 is 1.33 bits per heavy atom. The number of benzene rings is 1. The smallest absolute Gasteiger partial charge is 0.224 e. The maximum Gasteiger partial charge on any atom is 0.224 e. The van der Waals surface area contributed by atoms with Gasteiger partial charge in [-0.3, -0.25) is 4.79 Å². The first-order valence-electron chi connectivity index (χ1n) is 7.94. The number of anilines is 1. The molecule has 21 heavy (non-hydrogen) atoms. The summed E-state index contributed by atoms with van der Waals surface area (Å²) >= 11 is 0. The summed E-state index contributed by atoms with van der Waals surface area (Å²) < 4.78 is 0. The number of hydrogen-bond donors (Lipinski definition) is 1. The standard InChI is InChI=1S/C18H28N2O/c1-18(2,3)15-9-5-6-10-16(15)19-17(21)12-14-8-7-11-20(4)13-14/h5-6,9-10,14H,7-8,11-13H2,1-4H3,(H,19,21). The number of hydrogen-bond acceptors (Lipinski definition) is 2. The Bertz CT molecular complexity index is 490. The van der Waals surface area contributed by atoms with Crippen LogP contribution in [0.4, 0.5) is 5.69 Å². The Hall–Kier alpha value is -1.35. The fourth-order valence-corrected chi connectivity index (χ4v) is 3.15. The van der Waals surface area contributed by atoms with Crippen molar-refractivity contribution in [3.05, 3.63) is 29.8 Å². The van der Waals surface area contributed by atoms with Gasteiger partial charge in [0.2, 0.25) is 5.91 Å². The molecule has 1 heterocycles. The first kappa shape index (κ1) is 16.0. The van der Waals surface area contributed by atoms with Crippen molar-refractivity contribution in [2.45, 2.75) is 45.4 Å². The summed E-state index contributed by atoms with van der Waals surface area (Å²) in [6.45, 7) is 8.72. The number of likely N-dealkylation sites (tertiary alicyclic amines) is 1. The van der Waals surface area contributed by atoms with Crippen LogP contribution in [-0.2, 0) is 10.2 Å². The molecule has 0 saturated carbocycles. The SMILES string of the molecule is CN1CCCC(CC(=O)Nc2ccccc2C(C)(C)C)C1. The summed E-state index contributed by atoms with van der Waals surface area (Å²) in [5.74, 6) is 0.637. The lowest BCUT2D eigenvalue weighted by Crippen LogP contribution is -2.34. The second kappa shape index (κ2) is 6.61. The zero-order valence-electron chi connectivity index (χ0n) is 13.8. The van der Waals surface area contributed by atoms with Crippen LogP contribution in [0.3, 0.4) is 0 Å². The van der Waals surface area contributed by atoms with Crippen LogP contribution in [0.2, 0.25) is 0 Å². The van der Waals surface area contributed by atoms with Gasteiger partial charge >= 0.3 is 0 Å². The molecule has 0 aromatic heterocycles. The van der Waals surface area contributed by atoms with Crippen LogP contribution in [0.1, 0.15) is 45.6 Å². The molecule has 1 unspecified atom stereocenters. The van der Waals surface area contributed by atoms with Crippen molar-refractivity contribution in [3.8, 4) is 0 Å². The largest absolute Gasteiger partial charge is 0.326 e. The molecule has 3 heteroatoms. The Balaban J connectivity index is 2.00. The van der Waals surface area contributed by atoms with E-state index in [0.717, 1.165) is 18.8 Å². The Labute approximate surface area is 128 Å². The highest BCUT2D eigenvalue weighted by Crippen LogP contribution is 2.29. The van der Waals surface area contributed by atoms with E-state index in [2.05, 4.69) is 44.1 Å². The molecule has 116 valence electrons. The molecule has 0 radical (unpaired) electrons. The van der Waals surface area contributed by atoms with Gasteiger partial charge in [0.25, 0.3) is 0 Å². The number of piperidine rings is 1. The van der Waals surface area contributed by atoms with Gasteiger partial charge in [0.05, 0.1) is 0 Å². The lowest BCUT2D eigenvalue weighted by Gasteiger charge is -2.29. The van der Waals surface area contributed by atoms with E-state index in [0.29, 0.717) is 12.3 Å². The highest BCUT2D eigenvalue weighted by molar-refractivity contribution is 5.91. The zero-order chi connectivity index (χ0) is 15.5. The van der Waals surface area contributed by atoms with E-state index in [9.17, 15) is 4.79 Å². The van der Waals surface area contributed by atoms with Crippen LogP contribution >= 0.6 is 0 Å². The van der Waals surface area contributed by atoms with E-state index < -0.39 is 0 Å². The Morgan fingerprint density at radius 2 is 2.05 bits per heavy atom. The van der Waals surface area contributed by atoms with Crippen LogP contribution in [-0.4, -0.2) is 30.9 Å². The van der Waals surface area contributed by atoms with E-state index >= 15 is 0 Å². The van der Waals surface area contributed by atoms with Crippen LogP contribution < -0.4 is 5.32 Å². The van der Waals surface area contributed by atoms with Crippen molar-refractivity contribution in [1.82, 2.24) is 4.90 Å². The Morgan fingerprint density at radius 3 is 2.71 bits per heavy atom. The zero-order valence-corrected chi connectivity index (χ0v) is 13.8. The molecule has 1 amide bonds.